The first-order valence-electron chi connectivity index (χ1n) is 7.54. The number of amides is 2. The molecule has 0 bridgehead atoms. The lowest BCUT2D eigenvalue weighted by Gasteiger charge is -2.26. The molecule has 1 unspecified atom stereocenters. The van der Waals surface area contributed by atoms with Gasteiger partial charge >= 0.3 is 0 Å². The number of Topliss-reactive ketones (excluding diaryl/α,β-unsaturated/α-hetero) is 1. The molecule has 126 valence electrons. The molecule has 2 amide bonds. The van der Waals surface area contributed by atoms with Crippen LogP contribution in [0.25, 0.3) is 0 Å². The number of para-hydroxylation sites is 2. The van der Waals surface area contributed by atoms with Crippen LogP contribution in [0.15, 0.2) is 24.3 Å². The maximum atomic E-state index is 12.3. The quantitative estimate of drug-likeness (QED) is 0.585. The van der Waals surface area contributed by atoms with Gasteiger partial charge in [0.15, 0.2) is 0 Å². The molecule has 1 aromatic rings. The van der Waals surface area contributed by atoms with Crippen molar-refractivity contribution >= 4 is 23.8 Å². The number of benzene rings is 1. The van der Waals surface area contributed by atoms with E-state index >= 15 is 0 Å². The lowest BCUT2D eigenvalue weighted by Crippen LogP contribution is -2.48. The molecule has 0 fully saturated rings. The first-order chi connectivity index (χ1) is 10.8. The number of nitrogens with one attached hydrogen (secondary N) is 1. The summed E-state index contributed by atoms with van der Waals surface area (Å²) >= 11 is 0. The van der Waals surface area contributed by atoms with Crippen molar-refractivity contribution in [3.05, 3.63) is 24.3 Å². The molecule has 1 rings (SSSR count). The van der Waals surface area contributed by atoms with E-state index in [0.717, 1.165) is 0 Å². The van der Waals surface area contributed by atoms with E-state index in [4.69, 9.17) is 4.74 Å². The molecule has 1 aromatic carbocycles. The Hall–Kier alpha value is -2.37. The number of ketones is 1. The van der Waals surface area contributed by atoms with Crippen LogP contribution in [0.3, 0.4) is 0 Å². The highest BCUT2D eigenvalue weighted by atomic mass is 16.5. The van der Waals surface area contributed by atoms with E-state index in [1.807, 2.05) is 20.8 Å². The van der Waals surface area contributed by atoms with Gasteiger partial charge in [-0.1, -0.05) is 26.0 Å². The molecular weight excluding hydrogens is 296 g/mol. The molecule has 0 aliphatic rings. The van der Waals surface area contributed by atoms with Gasteiger partial charge in [-0.25, -0.2) is 0 Å². The van der Waals surface area contributed by atoms with Crippen molar-refractivity contribution in [2.24, 2.45) is 5.92 Å². The Morgan fingerprint density at radius 2 is 1.78 bits per heavy atom. The molecule has 0 heterocycles. The topological polar surface area (TPSA) is 75.7 Å². The Morgan fingerprint density at radius 3 is 2.30 bits per heavy atom. The number of methoxy groups -OCH3 is 1. The van der Waals surface area contributed by atoms with Gasteiger partial charge in [-0.05, 0) is 31.9 Å². The number of hydrogen-bond donors (Lipinski definition) is 1. The summed E-state index contributed by atoms with van der Waals surface area (Å²) in [4.78, 5) is 37.0. The second-order valence-corrected chi connectivity index (χ2v) is 5.73. The van der Waals surface area contributed by atoms with Crippen molar-refractivity contribution in [1.82, 2.24) is 5.32 Å². The zero-order valence-electron chi connectivity index (χ0n) is 14.2. The van der Waals surface area contributed by atoms with Gasteiger partial charge < -0.3 is 15.0 Å². The maximum Gasteiger partial charge on any atom is 0.289 e. The fourth-order valence-electron chi connectivity index (χ4n) is 1.96. The minimum Gasteiger partial charge on any atom is -0.495 e. The summed E-state index contributed by atoms with van der Waals surface area (Å²) in [6, 6.07) is 5.77. The van der Waals surface area contributed by atoms with Crippen LogP contribution in [0.1, 0.15) is 27.7 Å². The molecule has 1 N–H and O–H groups in total. The molecule has 0 saturated carbocycles. The van der Waals surface area contributed by atoms with E-state index in [0.29, 0.717) is 17.8 Å². The van der Waals surface area contributed by atoms with Crippen LogP contribution in [0.2, 0.25) is 0 Å². The third kappa shape index (κ3) is 4.55. The van der Waals surface area contributed by atoms with Crippen molar-refractivity contribution < 1.29 is 19.1 Å². The molecule has 6 heteroatoms. The molecule has 0 aromatic heterocycles. The number of carbonyl (C=O) groups excluding carboxylic acids is 3. The first-order valence-corrected chi connectivity index (χ1v) is 7.54. The van der Waals surface area contributed by atoms with E-state index in [1.54, 1.807) is 24.3 Å². The van der Waals surface area contributed by atoms with Crippen LogP contribution in [-0.4, -0.2) is 37.3 Å². The van der Waals surface area contributed by atoms with Gasteiger partial charge in [0, 0.05) is 6.04 Å². The number of rotatable bonds is 8. The Bertz CT molecular complexity index is 571. The van der Waals surface area contributed by atoms with Crippen LogP contribution in [-0.2, 0) is 14.4 Å². The van der Waals surface area contributed by atoms with E-state index in [9.17, 15) is 14.4 Å². The summed E-state index contributed by atoms with van der Waals surface area (Å²) in [7, 11) is 1.48. The average molecular weight is 320 g/mol. The van der Waals surface area contributed by atoms with Crippen LogP contribution >= 0.6 is 0 Å². The number of nitrogens with zero attached hydrogens (tertiary/aromatic N) is 1. The Balaban J connectivity index is 2.96. The number of ether oxygens (including phenoxy) is 1. The molecular formula is C17H24N2O4. The largest absolute Gasteiger partial charge is 0.495 e. The first kappa shape index (κ1) is 18.7. The van der Waals surface area contributed by atoms with Gasteiger partial charge in [0.05, 0.1) is 12.8 Å². The van der Waals surface area contributed by atoms with Gasteiger partial charge in [-0.3, -0.25) is 14.4 Å². The molecule has 6 nitrogen and oxygen atoms in total. The van der Waals surface area contributed by atoms with Crippen molar-refractivity contribution in [2.75, 3.05) is 12.0 Å². The van der Waals surface area contributed by atoms with Crippen molar-refractivity contribution in [3.8, 4) is 5.75 Å². The zero-order valence-corrected chi connectivity index (χ0v) is 14.2. The predicted octanol–water partition coefficient (Wildman–Crippen LogP) is 1.78. The molecule has 2 atom stereocenters. The fourth-order valence-corrected chi connectivity index (χ4v) is 1.96. The predicted molar refractivity (Wildman–Crippen MR) is 88.4 cm³/mol. The second kappa shape index (κ2) is 8.31. The Kier molecular flexibility index (Phi) is 6.75. The summed E-state index contributed by atoms with van der Waals surface area (Å²) in [5, 5.41) is 2.66. The van der Waals surface area contributed by atoms with Crippen molar-refractivity contribution in [3.63, 3.8) is 0 Å². The fraction of sp³-hybridized carbons (Fsp3) is 0.471. The van der Waals surface area contributed by atoms with Gasteiger partial charge in [-0.2, -0.15) is 0 Å². The van der Waals surface area contributed by atoms with Gasteiger partial charge in [0.25, 0.3) is 5.91 Å². The highest BCUT2D eigenvalue weighted by molar-refractivity contribution is 6.39. The third-order valence-electron chi connectivity index (χ3n) is 3.86. The normalized spacial score (nSPS) is 13.1. The van der Waals surface area contributed by atoms with E-state index in [1.165, 1.54) is 18.9 Å². The highest BCUT2D eigenvalue weighted by Crippen LogP contribution is 2.28. The third-order valence-corrected chi connectivity index (χ3v) is 3.86. The molecule has 0 saturated heterocycles. The molecule has 0 spiro atoms. The molecule has 0 radical (unpaired) electrons. The average Bonchev–Trinajstić information content (AvgIpc) is 2.54. The smallest absolute Gasteiger partial charge is 0.289 e. The van der Waals surface area contributed by atoms with E-state index < -0.39 is 17.7 Å². The van der Waals surface area contributed by atoms with Crippen LogP contribution in [0.5, 0.6) is 5.75 Å². The van der Waals surface area contributed by atoms with Crippen molar-refractivity contribution in [2.45, 2.75) is 39.8 Å². The molecule has 0 aliphatic carbocycles. The lowest BCUT2D eigenvalue weighted by atomic mass is 10.1. The van der Waals surface area contributed by atoms with Gasteiger partial charge in [-0.15, -0.1) is 0 Å². The second-order valence-electron chi connectivity index (χ2n) is 5.73. The molecule has 23 heavy (non-hydrogen) atoms. The van der Waals surface area contributed by atoms with Gasteiger partial charge in [0.2, 0.25) is 12.2 Å². The zero-order chi connectivity index (χ0) is 17.6. The minimum atomic E-state index is -0.928. The van der Waals surface area contributed by atoms with Crippen LogP contribution in [0, 0.1) is 5.92 Å². The monoisotopic (exact) mass is 320 g/mol. The Labute approximate surface area is 136 Å². The number of carbonyl (C=O) groups is 3. The van der Waals surface area contributed by atoms with E-state index in [-0.39, 0.29) is 12.0 Å². The number of anilines is 1. The maximum absolute atomic E-state index is 12.3. The Morgan fingerprint density at radius 1 is 1.17 bits per heavy atom. The highest BCUT2D eigenvalue weighted by Gasteiger charge is 2.29. The van der Waals surface area contributed by atoms with E-state index in [2.05, 4.69) is 5.32 Å². The number of hydrogen-bond acceptors (Lipinski definition) is 4. The molecule has 0 aliphatic heterocycles. The SMILES string of the molecule is COc1ccccc1N(C=O)C(C)C(=O)C(=O)N[C@H](C)C(C)C. The minimum absolute atomic E-state index is 0.130. The summed E-state index contributed by atoms with van der Waals surface area (Å²) in [6.07, 6.45) is 0.527. The summed E-state index contributed by atoms with van der Waals surface area (Å²) < 4.78 is 5.20. The summed E-state index contributed by atoms with van der Waals surface area (Å²) in [5.41, 5.74) is 0.440. The van der Waals surface area contributed by atoms with Gasteiger partial charge in [0.1, 0.15) is 11.8 Å². The standard InChI is InChI=1S/C17H24N2O4/c1-11(2)12(3)18-17(22)16(21)13(4)19(10-20)14-8-6-7-9-15(14)23-5/h6-13H,1-5H3,(H,18,22)/t12-,13?/m1/s1. The summed E-state index contributed by atoms with van der Waals surface area (Å²) in [6.45, 7) is 7.25. The van der Waals surface area contributed by atoms with Crippen LogP contribution < -0.4 is 15.0 Å². The lowest BCUT2D eigenvalue weighted by molar-refractivity contribution is -0.139. The summed E-state index contributed by atoms with van der Waals surface area (Å²) in [5.74, 6) is -0.704. The van der Waals surface area contributed by atoms with Crippen molar-refractivity contribution in [1.29, 1.82) is 0 Å². The van der Waals surface area contributed by atoms with Crippen LogP contribution in [0.4, 0.5) is 5.69 Å².